The van der Waals surface area contributed by atoms with E-state index in [-0.39, 0.29) is 0 Å². The highest BCUT2D eigenvalue weighted by Gasteiger charge is 2.16. The average Bonchev–Trinajstić information content (AvgIpc) is 3.17. The summed E-state index contributed by atoms with van der Waals surface area (Å²) in [6.07, 6.45) is 2.61. The molecule has 114 valence electrons. The zero-order chi connectivity index (χ0) is 15.5. The van der Waals surface area contributed by atoms with Crippen LogP contribution in [0.1, 0.15) is 12.8 Å². The number of benzene rings is 3. The van der Waals surface area contributed by atoms with Gasteiger partial charge in [-0.1, -0.05) is 66.7 Å². The second kappa shape index (κ2) is 6.29. The summed E-state index contributed by atoms with van der Waals surface area (Å²) in [5, 5.41) is 0. The summed E-state index contributed by atoms with van der Waals surface area (Å²) < 4.78 is 0. The van der Waals surface area contributed by atoms with Crippen LogP contribution in [0.5, 0.6) is 0 Å². The second-order valence-corrected chi connectivity index (χ2v) is 6.16. The lowest BCUT2D eigenvalue weighted by Crippen LogP contribution is -2.18. The third-order valence-electron chi connectivity index (χ3n) is 4.63. The van der Waals surface area contributed by atoms with E-state index in [2.05, 4.69) is 83.8 Å². The van der Waals surface area contributed by atoms with Crippen molar-refractivity contribution in [3.8, 4) is 22.3 Å². The predicted molar refractivity (Wildman–Crippen MR) is 98.8 cm³/mol. The molecule has 0 unspecified atom stereocenters. The zero-order valence-electron chi connectivity index (χ0n) is 13.3. The van der Waals surface area contributed by atoms with Crippen molar-refractivity contribution in [2.75, 3.05) is 18.0 Å². The Hall–Kier alpha value is -2.54. The molecule has 0 saturated carbocycles. The molecular formula is C22H21N. The Bertz CT molecular complexity index is 786. The maximum Gasteiger partial charge on any atom is 0.0445 e. The van der Waals surface area contributed by atoms with Crippen molar-refractivity contribution in [3.05, 3.63) is 78.9 Å². The Morgan fingerprint density at radius 1 is 0.565 bits per heavy atom. The van der Waals surface area contributed by atoms with E-state index in [0.717, 1.165) is 0 Å². The Kier molecular flexibility index (Phi) is 3.85. The molecule has 1 nitrogen and oxygen atoms in total. The van der Waals surface area contributed by atoms with Gasteiger partial charge in [-0.3, -0.25) is 0 Å². The van der Waals surface area contributed by atoms with Gasteiger partial charge in [0.25, 0.3) is 0 Å². The molecule has 0 N–H and O–H groups in total. The fourth-order valence-electron chi connectivity index (χ4n) is 3.45. The van der Waals surface area contributed by atoms with Crippen molar-refractivity contribution in [3.63, 3.8) is 0 Å². The van der Waals surface area contributed by atoms with Crippen molar-refractivity contribution < 1.29 is 0 Å². The Labute approximate surface area is 138 Å². The van der Waals surface area contributed by atoms with Crippen LogP contribution in [0.3, 0.4) is 0 Å². The number of hydrogen-bond acceptors (Lipinski definition) is 1. The largest absolute Gasteiger partial charge is 0.371 e. The number of rotatable bonds is 3. The van der Waals surface area contributed by atoms with E-state index in [9.17, 15) is 0 Å². The van der Waals surface area contributed by atoms with Gasteiger partial charge in [-0.25, -0.2) is 0 Å². The molecule has 3 aromatic rings. The summed E-state index contributed by atoms with van der Waals surface area (Å²) in [7, 11) is 0. The van der Waals surface area contributed by atoms with Crippen molar-refractivity contribution in [2.24, 2.45) is 0 Å². The van der Waals surface area contributed by atoms with E-state index in [1.54, 1.807) is 0 Å². The molecule has 0 bridgehead atoms. The maximum atomic E-state index is 2.52. The fourth-order valence-corrected chi connectivity index (χ4v) is 3.45. The molecule has 1 fully saturated rings. The summed E-state index contributed by atoms with van der Waals surface area (Å²) in [5.41, 5.74) is 6.56. The van der Waals surface area contributed by atoms with Crippen molar-refractivity contribution in [1.29, 1.82) is 0 Å². The van der Waals surface area contributed by atoms with Gasteiger partial charge in [0.1, 0.15) is 0 Å². The van der Waals surface area contributed by atoms with E-state index in [0.29, 0.717) is 0 Å². The molecule has 0 atom stereocenters. The van der Waals surface area contributed by atoms with E-state index in [4.69, 9.17) is 0 Å². The van der Waals surface area contributed by atoms with Crippen LogP contribution in [-0.2, 0) is 0 Å². The highest BCUT2D eigenvalue weighted by atomic mass is 15.1. The number of anilines is 1. The third kappa shape index (κ3) is 2.87. The molecule has 23 heavy (non-hydrogen) atoms. The van der Waals surface area contributed by atoms with Gasteiger partial charge in [0.05, 0.1) is 0 Å². The van der Waals surface area contributed by atoms with Gasteiger partial charge in [0, 0.05) is 24.3 Å². The lowest BCUT2D eigenvalue weighted by Gasteiger charge is -2.21. The van der Waals surface area contributed by atoms with Crippen LogP contribution in [0.4, 0.5) is 5.69 Å². The number of hydrogen-bond donors (Lipinski definition) is 0. The fraction of sp³-hybridized carbons (Fsp3) is 0.182. The summed E-state index contributed by atoms with van der Waals surface area (Å²) in [4.78, 5) is 2.52. The zero-order valence-corrected chi connectivity index (χ0v) is 13.3. The first-order chi connectivity index (χ1) is 11.4. The molecule has 0 amide bonds. The first-order valence-electron chi connectivity index (χ1n) is 8.42. The molecule has 1 saturated heterocycles. The maximum absolute atomic E-state index is 2.52. The minimum Gasteiger partial charge on any atom is -0.371 e. The standard InChI is InChI=1S/C22H21N/c1-2-9-18(10-3-1)19-11-8-12-20(17-19)21-13-4-5-14-22(21)23-15-6-7-16-23/h1-5,8-14,17H,6-7,15-16H2. The van der Waals surface area contributed by atoms with Crippen LogP contribution in [0.25, 0.3) is 22.3 Å². The topological polar surface area (TPSA) is 3.24 Å². The summed E-state index contributed by atoms with van der Waals surface area (Å²) in [5.74, 6) is 0. The minimum absolute atomic E-state index is 1.18. The van der Waals surface area contributed by atoms with Gasteiger partial charge in [-0.15, -0.1) is 0 Å². The Morgan fingerprint density at radius 3 is 2.04 bits per heavy atom. The smallest absolute Gasteiger partial charge is 0.0445 e. The monoisotopic (exact) mass is 299 g/mol. The lowest BCUT2D eigenvalue weighted by molar-refractivity contribution is 0.949. The van der Waals surface area contributed by atoms with Crippen LogP contribution < -0.4 is 4.90 Å². The first-order valence-corrected chi connectivity index (χ1v) is 8.42. The van der Waals surface area contributed by atoms with Gasteiger partial charge in [-0.05, 0) is 41.7 Å². The van der Waals surface area contributed by atoms with Crippen molar-refractivity contribution >= 4 is 5.69 Å². The normalized spacial score (nSPS) is 14.2. The van der Waals surface area contributed by atoms with Crippen molar-refractivity contribution in [1.82, 2.24) is 0 Å². The Morgan fingerprint density at radius 2 is 1.22 bits per heavy atom. The summed E-state index contributed by atoms with van der Waals surface area (Å²) in [6.45, 7) is 2.35. The average molecular weight is 299 g/mol. The highest BCUT2D eigenvalue weighted by Crippen LogP contribution is 2.34. The highest BCUT2D eigenvalue weighted by molar-refractivity contribution is 5.81. The van der Waals surface area contributed by atoms with E-state index >= 15 is 0 Å². The van der Waals surface area contributed by atoms with Gasteiger partial charge in [0.2, 0.25) is 0 Å². The van der Waals surface area contributed by atoms with Crippen molar-refractivity contribution in [2.45, 2.75) is 12.8 Å². The Balaban J connectivity index is 1.77. The molecule has 1 heteroatoms. The van der Waals surface area contributed by atoms with Crippen LogP contribution in [0.2, 0.25) is 0 Å². The summed E-state index contributed by atoms with van der Waals surface area (Å²) in [6, 6.07) is 28.3. The second-order valence-electron chi connectivity index (χ2n) is 6.16. The minimum atomic E-state index is 1.18. The van der Waals surface area contributed by atoms with Crippen LogP contribution >= 0.6 is 0 Å². The van der Waals surface area contributed by atoms with Crippen LogP contribution in [-0.4, -0.2) is 13.1 Å². The molecule has 1 aliphatic rings. The van der Waals surface area contributed by atoms with Gasteiger partial charge < -0.3 is 4.90 Å². The lowest BCUT2D eigenvalue weighted by atomic mass is 9.98. The van der Waals surface area contributed by atoms with E-state index in [1.165, 1.54) is 53.9 Å². The quantitative estimate of drug-likeness (QED) is 0.606. The molecule has 1 aliphatic heterocycles. The molecule has 0 aliphatic carbocycles. The first kappa shape index (κ1) is 14.1. The number of nitrogens with zero attached hydrogens (tertiary/aromatic N) is 1. The molecular weight excluding hydrogens is 278 g/mol. The molecule has 3 aromatic carbocycles. The number of para-hydroxylation sites is 1. The van der Waals surface area contributed by atoms with Crippen LogP contribution in [0.15, 0.2) is 78.9 Å². The molecule has 4 rings (SSSR count). The molecule has 0 spiro atoms. The molecule has 1 heterocycles. The van der Waals surface area contributed by atoms with E-state index in [1.807, 2.05) is 0 Å². The molecule has 0 aromatic heterocycles. The third-order valence-corrected chi connectivity index (χ3v) is 4.63. The SMILES string of the molecule is c1ccc(-c2cccc(-c3ccccc3N3CCCC3)c2)cc1. The van der Waals surface area contributed by atoms with Gasteiger partial charge >= 0.3 is 0 Å². The van der Waals surface area contributed by atoms with Gasteiger partial charge in [0.15, 0.2) is 0 Å². The predicted octanol–water partition coefficient (Wildman–Crippen LogP) is 5.62. The summed E-state index contributed by atoms with van der Waals surface area (Å²) >= 11 is 0. The molecule has 0 radical (unpaired) electrons. The van der Waals surface area contributed by atoms with Gasteiger partial charge in [-0.2, -0.15) is 0 Å². The van der Waals surface area contributed by atoms with E-state index < -0.39 is 0 Å². The van der Waals surface area contributed by atoms with Crippen LogP contribution in [0, 0.1) is 0 Å².